The lowest BCUT2D eigenvalue weighted by Gasteiger charge is -2.19. The van der Waals surface area contributed by atoms with E-state index in [1.165, 1.54) is 0 Å². The fraction of sp³-hybridized carbons (Fsp3) is 0.833. The second-order valence-corrected chi connectivity index (χ2v) is 2.34. The average Bonchev–Trinajstić information content (AvgIpc) is 1.81. The zero-order chi connectivity index (χ0) is 8.15. The smallest absolute Gasteiger partial charge is 0.237 e. The van der Waals surface area contributed by atoms with Crippen molar-refractivity contribution in [3.8, 4) is 0 Å². The summed E-state index contributed by atoms with van der Waals surface area (Å²) >= 11 is 0. The molecule has 0 aliphatic carbocycles. The highest BCUT2D eigenvalue weighted by atomic mass is 16.5. The highest BCUT2D eigenvalue weighted by molar-refractivity contribution is 5.79. The summed E-state index contributed by atoms with van der Waals surface area (Å²) in [6.07, 6.45) is 0. The maximum Gasteiger partial charge on any atom is 0.237 e. The predicted octanol–water partition coefficient (Wildman–Crippen LogP) is -0.952. The van der Waals surface area contributed by atoms with Crippen LogP contribution < -0.4 is 5.73 Å². The lowest BCUT2D eigenvalue weighted by Crippen LogP contribution is -2.43. The molecule has 0 bridgehead atoms. The SMILES string of the molecule is COCC(C(N)=O)N(C)C. The van der Waals surface area contributed by atoms with Crippen molar-refractivity contribution < 1.29 is 9.53 Å². The Morgan fingerprint density at radius 2 is 2.20 bits per heavy atom. The number of amides is 1. The molecule has 1 amide bonds. The van der Waals surface area contributed by atoms with Crippen molar-refractivity contribution >= 4 is 5.91 Å². The number of carbonyl (C=O) groups excluding carboxylic acids is 1. The number of nitrogens with zero attached hydrogens (tertiary/aromatic N) is 1. The monoisotopic (exact) mass is 146 g/mol. The van der Waals surface area contributed by atoms with Crippen LogP contribution in [-0.4, -0.2) is 44.7 Å². The van der Waals surface area contributed by atoms with Gasteiger partial charge < -0.3 is 10.5 Å². The molecule has 0 saturated heterocycles. The summed E-state index contributed by atoms with van der Waals surface area (Å²) < 4.78 is 4.78. The third-order valence-electron chi connectivity index (χ3n) is 1.28. The van der Waals surface area contributed by atoms with E-state index in [1.807, 2.05) is 0 Å². The van der Waals surface area contributed by atoms with Crippen LogP contribution in [0.4, 0.5) is 0 Å². The largest absolute Gasteiger partial charge is 0.383 e. The van der Waals surface area contributed by atoms with Crippen molar-refractivity contribution in [1.82, 2.24) is 4.90 Å². The van der Waals surface area contributed by atoms with E-state index in [2.05, 4.69) is 0 Å². The molecule has 0 aromatic rings. The number of ether oxygens (including phenoxy) is 1. The van der Waals surface area contributed by atoms with Gasteiger partial charge in [0, 0.05) is 7.11 Å². The number of likely N-dealkylation sites (N-methyl/N-ethyl adjacent to an activating group) is 1. The Bertz CT molecular complexity index is 114. The Morgan fingerprint density at radius 1 is 1.70 bits per heavy atom. The maximum atomic E-state index is 10.6. The number of rotatable bonds is 4. The third kappa shape index (κ3) is 2.80. The highest BCUT2D eigenvalue weighted by Gasteiger charge is 2.16. The molecule has 2 N–H and O–H groups in total. The second-order valence-electron chi connectivity index (χ2n) is 2.34. The summed E-state index contributed by atoms with van der Waals surface area (Å²) in [5.74, 6) is -0.355. The quantitative estimate of drug-likeness (QED) is 0.556. The molecule has 0 saturated carbocycles. The van der Waals surface area contributed by atoms with Crippen LogP contribution in [0.1, 0.15) is 0 Å². The molecule has 0 aliphatic rings. The zero-order valence-corrected chi connectivity index (χ0v) is 6.63. The number of hydrogen-bond donors (Lipinski definition) is 1. The van der Waals surface area contributed by atoms with Crippen LogP contribution in [-0.2, 0) is 9.53 Å². The van der Waals surface area contributed by atoms with E-state index in [0.29, 0.717) is 6.61 Å². The van der Waals surface area contributed by atoms with Gasteiger partial charge in [-0.2, -0.15) is 0 Å². The van der Waals surface area contributed by atoms with Gasteiger partial charge in [0.25, 0.3) is 0 Å². The summed E-state index contributed by atoms with van der Waals surface area (Å²) in [7, 11) is 5.11. The van der Waals surface area contributed by atoms with Gasteiger partial charge in [-0.3, -0.25) is 9.69 Å². The van der Waals surface area contributed by atoms with Crippen molar-refractivity contribution in [3.63, 3.8) is 0 Å². The molecule has 0 spiro atoms. The average molecular weight is 146 g/mol. The molecule has 0 heterocycles. The first-order valence-electron chi connectivity index (χ1n) is 3.04. The van der Waals surface area contributed by atoms with Gasteiger partial charge in [0.2, 0.25) is 5.91 Å². The Morgan fingerprint density at radius 3 is 2.30 bits per heavy atom. The number of nitrogens with two attached hydrogens (primary N) is 1. The van der Waals surface area contributed by atoms with Crippen LogP contribution in [0.5, 0.6) is 0 Å². The van der Waals surface area contributed by atoms with Gasteiger partial charge in [-0.1, -0.05) is 0 Å². The summed E-state index contributed by atoms with van der Waals surface area (Å²) in [4.78, 5) is 12.4. The number of carbonyl (C=O) groups is 1. The molecule has 1 atom stereocenters. The molecule has 0 fully saturated rings. The molecule has 0 rings (SSSR count). The Balaban J connectivity index is 3.85. The first-order chi connectivity index (χ1) is 4.59. The van der Waals surface area contributed by atoms with Crippen LogP contribution in [0.2, 0.25) is 0 Å². The predicted molar refractivity (Wildman–Crippen MR) is 38.5 cm³/mol. The molecule has 1 unspecified atom stereocenters. The van der Waals surface area contributed by atoms with Gasteiger partial charge in [-0.25, -0.2) is 0 Å². The molecule has 0 aromatic carbocycles. The summed E-state index contributed by atoms with van der Waals surface area (Å²) in [6, 6.07) is -0.315. The second kappa shape index (κ2) is 4.24. The van der Waals surface area contributed by atoms with E-state index in [0.717, 1.165) is 0 Å². The van der Waals surface area contributed by atoms with Crippen molar-refractivity contribution in [1.29, 1.82) is 0 Å². The molecule has 4 heteroatoms. The van der Waals surface area contributed by atoms with E-state index >= 15 is 0 Å². The van der Waals surface area contributed by atoms with Crippen molar-refractivity contribution in [2.75, 3.05) is 27.8 Å². The molecule has 0 radical (unpaired) electrons. The summed E-state index contributed by atoms with van der Waals surface area (Å²) in [5, 5.41) is 0. The number of hydrogen-bond acceptors (Lipinski definition) is 3. The summed E-state index contributed by atoms with van der Waals surface area (Å²) in [5.41, 5.74) is 5.06. The lowest BCUT2D eigenvalue weighted by atomic mass is 10.3. The van der Waals surface area contributed by atoms with E-state index < -0.39 is 0 Å². The molecule has 4 nitrogen and oxygen atoms in total. The fourth-order valence-corrected chi connectivity index (χ4v) is 0.644. The zero-order valence-electron chi connectivity index (χ0n) is 6.63. The van der Waals surface area contributed by atoms with Gasteiger partial charge in [0.1, 0.15) is 6.04 Å². The number of methoxy groups -OCH3 is 1. The van der Waals surface area contributed by atoms with Crippen LogP contribution in [0, 0.1) is 0 Å². The molecule has 0 aliphatic heterocycles. The van der Waals surface area contributed by atoms with Crippen LogP contribution in [0.3, 0.4) is 0 Å². The van der Waals surface area contributed by atoms with Crippen molar-refractivity contribution in [2.45, 2.75) is 6.04 Å². The minimum absolute atomic E-state index is 0.315. The Kier molecular flexibility index (Phi) is 3.99. The van der Waals surface area contributed by atoms with E-state index in [4.69, 9.17) is 10.5 Å². The first-order valence-corrected chi connectivity index (χ1v) is 3.04. The van der Waals surface area contributed by atoms with E-state index in [1.54, 1.807) is 26.1 Å². The molecule has 0 aromatic heterocycles. The van der Waals surface area contributed by atoms with Crippen LogP contribution >= 0.6 is 0 Å². The topological polar surface area (TPSA) is 55.6 Å². The Hall–Kier alpha value is -0.610. The lowest BCUT2D eigenvalue weighted by molar-refractivity contribution is -0.124. The van der Waals surface area contributed by atoms with Crippen LogP contribution in [0.15, 0.2) is 0 Å². The van der Waals surface area contributed by atoms with Gasteiger partial charge in [0.15, 0.2) is 0 Å². The fourth-order valence-electron chi connectivity index (χ4n) is 0.644. The van der Waals surface area contributed by atoms with Gasteiger partial charge in [0.05, 0.1) is 6.61 Å². The van der Waals surface area contributed by atoms with Crippen LogP contribution in [0.25, 0.3) is 0 Å². The normalized spacial score (nSPS) is 13.6. The molecule has 60 valence electrons. The van der Waals surface area contributed by atoms with Gasteiger partial charge in [-0.05, 0) is 14.1 Å². The van der Waals surface area contributed by atoms with Gasteiger partial charge >= 0.3 is 0 Å². The molecular weight excluding hydrogens is 132 g/mol. The summed E-state index contributed by atoms with van der Waals surface area (Å²) in [6.45, 7) is 0.350. The van der Waals surface area contributed by atoms with Crippen molar-refractivity contribution in [3.05, 3.63) is 0 Å². The minimum Gasteiger partial charge on any atom is -0.383 e. The molecular formula is C6H14N2O2. The van der Waals surface area contributed by atoms with Crippen molar-refractivity contribution in [2.24, 2.45) is 5.73 Å². The number of primary amides is 1. The highest BCUT2D eigenvalue weighted by Crippen LogP contribution is 1.91. The van der Waals surface area contributed by atoms with E-state index in [-0.39, 0.29) is 11.9 Å². The minimum atomic E-state index is -0.355. The molecule has 10 heavy (non-hydrogen) atoms. The Labute approximate surface area is 60.9 Å². The standard InChI is InChI=1S/C6H14N2O2/c1-8(2)5(4-10-3)6(7)9/h5H,4H2,1-3H3,(H2,7,9). The van der Waals surface area contributed by atoms with Gasteiger partial charge in [-0.15, -0.1) is 0 Å². The maximum absolute atomic E-state index is 10.6. The van der Waals surface area contributed by atoms with E-state index in [9.17, 15) is 4.79 Å². The third-order valence-corrected chi connectivity index (χ3v) is 1.28. The first kappa shape index (κ1) is 9.39.